The Balaban J connectivity index is 1.72. The van der Waals surface area contributed by atoms with E-state index in [2.05, 4.69) is 5.32 Å². The Morgan fingerprint density at radius 1 is 1.28 bits per heavy atom. The van der Waals surface area contributed by atoms with Gasteiger partial charge in [0.1, 0.15) is 0 Å². The maximum Gasteiger partial charge on any atom is 0.253 e. The highest BCUT2D eigenvalue weighted by molar-refractivity contribution is 5.94. The number of carbonyl (C=O) groups is 1. The van der Waals surface area contributed by atoms with Gasteiger partial charge in [-0.25, -0.2) is 0 Å². The number of nitrogens with zero attached hydrogens (tertiary/aromatic N) is 1. The molecule has 1 aromatic carbocycles. The number of amides is 1. The molecule has 1 N–H and O–H groups in total. The Bertz CT molecular complexity index is 446. The van der Waals surface area contributed by atoms with Crippen LogP contribution >= 0.6 is 0 Å². The van der Waals surface area contributed by atoms with E-state index in [0.717, 1.165) is 38.2 Å². The minimum atomic E-state index is 0.193. The monoisotopic (exact) mass is 244 g/mol. The zero-order chi connectivity index (χ0) is 12.6. The molecule has 0 bridgehead atoms. The smallest absolute Gasteiger partial charge is 0.253 e. The van der Waals surface area contributed by atoms with Crippen LogP contribution in [0.1, 0.15) is 28.8 Å². The normalized spacial score (nSPS) is 27.1. The average Bonchev–Trinajstić information content (AvgIpc) is 3.01. The summed E-state index contributed by atoms with van der Waals surface area (Å²) in [5.41, 5.74) is 2.38. The lowest BCUT2D eigenvalue weighted by Crippen LogP contribution is -2.33. The maximum absolute atomic E-state index is 12.4. The third-order valence-electron chi connectivity index (χ3n) is 4.36. The van der Waals surface area contributed by atoms with E-state index in [1.165, 1.54) is 12.0 Å². The fourth-order valence-electron chi connectivity index (χ4n) is 3.13. The molecule has 1 atom stereocenters. The molecular formula is C15H20N2O. The van der Waals surface area contributed by atoms with Gasteiger partial charge in [0, 0.05) is 30.6 Å². The number of hydrogen-bond acceptors (Lipinski definition) is 2. The van der Waals surface area contributed by atoms with Gasteiger partial charge in [-0.1, -0.05) is 17.7 Å². The summed E-state index contributed by atoms with van der Waals surface area (Å²) in [4.78, 5) is 14.4. The van der Waals surface area contributed by atoms with E-state index in [1.54, 1.807) is 0 Å². The zero-order valence-corrected chi connectivity index (χ0v) is 10.9. The van der Waals surface area contributed by atoms with Gasteiger partial charge in [-0.05, 0) is 38.4 Å². The molecule has 3 rings (SSSR count). The maximum atomic E-state index is 12.4. The minimum absolute atomic E-state index is 0.193. The Labute approximate surface area is 108 Å². The predicted octanol–water partition coefficient (Wildman–Crippen LogP) is 1.82. The summed E-state index contributed by atoms with van der Waals surface area (Å²) < 4.78 is 0. The summed E-state index contributed by atoms with van der Waals surface area (Å²) in [6.45, 7) is 6.06. The van der Waals surface area contributed by atoms with E-state index in [-0.39, 0.29) is 5.91 Å². The van der Waals surface area contributed by atoms with Crippen molar-refractivity contribution in [3.05, 3.63) is 35.4 Å². The van der Waals surface area contributed by atoms with E-state index < -0.39 is 0 Å². The average molecular weight is 244 g/mol. The van der Waals surface area contributed by atoms with Gasteiger partial charge in [0.15, 0.2) is 0 Å². The second kappa shape index (κ2) is 4.39. The minimum Gasteiger partial charge on any atom is -0.338 e. The Hall–Kier alpha value is -1.35. The number of carbonyl (C=O) groups excluding carboxylic acids is 1. The van der Waals surface area contributed by atoms with Crippen molar-refractivity contribution in [2.24, 2.45) is 5.41 Å². The van der Waals surface area contributed by atoms with Crippen molar-refractivity contribution >= 4 is 5.91 Å². The van der Waals surface area contributed by atoms with E-state index in [4.69, 9.17) is 0 Å². The van der Waals surface area contributed by atoms with Gasteiger partial charge >= 0.3 is 0 Å². The van der Waals surface area contributed by atoms with Gasteiger partial charge in [-0.3, -0.25) is 4.79 Å². The van der Waals surface area contributed by atoms with Crippen molar-refractivity contribution in [1.29, 1.82) is 0 Å². The van der Waals surface area contributed by atoms with Gasteiger partial charge in [0.05, 0.1) is 0 Å². The van der Waals surface area contributed by atoms with Crippen molar-refractivity contribution in [2.75, 3.05) is 26.2 Å². The summed E-state index contributed by atoms with van der Waals surface area (Å²) in [6, 6.07) is 7.90. The molecule has 0 aromatic heterocycles. The summed E-state index contributed by atoms with van der Waals surface area (Å²) in [5.74, 6) is 0.193. The first kappa shape index (κ1) is 11.7. The van der Waals surface area contributed by atoms with Crippen LogP contribution in [0.3, 0.4) is 0 Å². The fourth-order valence-corrected chi connectivity index (χ4v) is 3.13. The highest BCUT2D eigenvalue weighted by Gasteiger charge is 2.41. The lowest BCUT2D eigenvalue weighted by atomic mass is 9.86. The molecule has 2 saturated heterocycles. The summed E-state index contributed by atoms with van der Waals surface area (Å²) in [5, 5.41) is 3.42. The van der Waals surface area contributed by atoms with E-state index >= 15 is 0 Å². The fraction of sp³-hybridized carbons (Fsp3) is 0.533. The van der Waals surface area contributed by atoms with Gasteiger partial charge in [-0.15, -0.1) is 0 Å². The SMILES string of the molecule is Cc1ccc(C(=O)N2CC[C@@]3(CCNC3)C2)cc1. The predicted molar refractivity (Wildman–Crippen MR) is 71.6 cm³/mol. The first-order chi connectivity index (χ1) is 8.69. The van der Waals surface area contributed by atoms with Gasteiger partial charge < -0.3 is 10.2 Å². The van der Waals surface area contributed by atoms with E-state index in [9.17, 15) is 4.79 Å². The molecule has 1 spiro atoms. The van der Waals surface area contributed by atoms with Crippen LogP contribution < -0.4 is 5.32 Å². The summed E-state index contributed by atoms with van der Waals surface area (Å²) in [7, 11) is 0. The topological polar surface area (TPSA) is 32.3 Å². The molecule has 1 amide bonds. The van der Waals surface area contributed by atoms with Crippen molar-refractivity contribution in [2.45, 2.75) is 19.8 Å². The first-order valence-electron chi connectivity index (χ1n) is 6.75. The lowest BCUT2D eigenvalue weighted by molar-refractivity contribution is 0.0775. The van der Waals surface area contributed by atoms with Crippen LogP contribution in [0.2, 0.25) is 0 Å². The largest absolute Gasteiger partial charge is 0.338 e. The first-order valence-corrected chi connectivity index (χ1v) is 6.75. The van der Waals surface area contributed by atoms with Crippen molar-refractivity contribution in [3.8, 4) is 0 Å². The van der Waals surface area contributed by atoms with Gasteiger partial charge in [0.2, 0.25) is 0 Å². The zero-order valence-electron chi connectivity index (χ0n) is 10.9. The third kappa shape index (κ3) is 2.03. The second-order valence-electron chi connectivity index (χ2n) is 5.77. The van der Waals surface area contributed by atoms with Crippen molar-refractivity contribution in [3.63, 3.8) is 0 Å². The number of benzene rings is 1. The molecule has 3 nitrogen and oxygen atoms in total. The number of aryl methyl sites for hydroxylation is 1. The molecule has 2 heterocycles. The highest BCUT2D eigenvalue weighted by atomic mass is 16.2. The molecule has 0 saturated carbocycles. The van der Waals surface area contributed by atoms with Crippen LogP contribution in [0.5, 0.6) is 0 Å². The molecule has 2 aliphatic heterocycles. The molecular weight excluding hydrogens is 224 g/mol. The Morgan fingerprint density at radius 3 is 2.72 bits per heavy atom. The lowest BCUT2D eigenvalue weighted by Gasteiger charge is -2.22. The highest BCUT2D eigenvalue weighted by Crippen LogP contribution is 2.36. The molecule has 0 aliphatic carbocycles. The number of rotatable bonds is 1. The molecule has 0 unspecified atom stereocenters. The van der Waals surface area contributed by atoms with Crippen LogP contribution in [0.25, 0.3) is 0 Å². The molecule has 2 fully saturated rings. The number of likely N-dealkylation sites (tertiary alicyclic amines) is 1. The van der Waals surface area contributed by atoms with Gasteiger partial charge in [0.25, 0.3) is 5.91 Å². The van der Waals surface area contributed by atoms with Crippen LogP contribution in [0.15, 0.2) is 24.3 Å². The molecule has 1 aromatic rings. The standard InChI is InChI=1S/C15H20N2O/c1-12-2-4-13(5-3-12)14(18)17-9-7-15(11-17)6-8-16-10-15/h2-5,16H,6-11H2,1H3/t15-/m1/s1. The molecule has 0 radical (unpaired) electrons. The van der Waals surface area contributed by atoms with Crippen LogP contribution in [0, 0.1) is 12.3 Å². The Kier molecular flexibility index (Phi) is 2.86. The molecule has 18 heavy (non-hydrogen) atoms. The van der Waals surface area contributed by atoms with Crippen molar-refractivity contribution in [1.82, 2.24) is 10.2 Å². The van der Waals surface area contributed by atoms with E-state index in [0.29, 0.717) is 5.41 Å². The molecule has 2 aliphatic rings. The third-order valence-corrected chi connectivity index (χ3v) is 4.36. The van der Waals surface area contributed by atoms with Gasteiger partial charge in [-0.2, -0.15) is 0 Å². The quantitative estimate of drug-likeness (QED) is 0.817. The number of nitrogens with one attached hydrogen (secondary N) is 1. The Morgan fingerprint density at radius 2 is 2.06 bits per heavy atom. The molecule has 96 valence electrons. The van der Waals surface area contributed by atoms with Crippen LogP contribution in [-0.2, 0) is 0 Å². The van der Waals surface area contributed by atoms with E-state index in [1.807, 2.05) is 36.1 Å². The van der Waals surface area contributed by atoms with Crippen LogP contribution in [0.4, 0.5) is 0 Å². The van der Waals surface area contributed by atoms with Crippen LogP contribution in [-0.4, -0.2) is 37.0 Å². The van der Waals surface area contributed by atoms with Crippen molar-refractivity contribution < 1.29 is 4.79 Å². The second-order valence-corrected chi connectivity index (χ2v) is 5.77. The summed E-state index contributed by atoms with van der Waals surface area (Å²) >= 11 is 0. The summed E-state index contributed by atoms with van der Waals surface area (Å²) in [6.07, 6.45) is 2.36. The number of hydrogen-bond donors (Lipinski definition) is 1. The molecule has 3 heteroatoms.